The molecule has 1 aromatic carbocycles. The summed E-state index contributed by atoms with van der Waals surface area (Å²) in [7, 11) is 0. The van der Waals surface area contributed by atoms with Crippen molar-refractivity contribution < 1.29 is 0 Å². The molecule has 0 radical (unpaired) electrons. The van der Waals surface area contributed by atoms with Gasteiger partial charge in [-0.1, -0.05) is 41.1 Å². The van der Waals surface area contributed by atoms with Crippen molar-refractivity contribution >= 4 is 23.3 Å². The molecule has 1 heterocycles. The third-order valence-electron chi connectivity index (χ3n) is 2.15. The van der Waals surface area contributed by atoms with Crippen molar-refractivity contribution in [3.05, 3.63) is 40.7 Å². The Bertz CT molecular complexity index is 471. The highest BCUT2D eigenvalue weighted by atomic mass is 32.2. The molecule has 16 heavy (non-hydrogen) atoms. The molecule has 0 unspecified atom stereocenters. The van der Waals surface area contributed by atoms with Crippen LogP contribution < -0.4 is 0 Å². The van der Waals surface area contributed by atoms with Crippen LogP contribution in [0.4, 0.5) is 0 Å². The molecule has 4 heteroatoms. The van der Waals surface area contributed by atoms with Crippen LogP contribution in [0.3, 0.4) is 0 Å². The van der Waals surface area contributed by atoms with Crippen molar-refractivity contribution in [3.8, 4) is 0 Å². The second-order valence-electron chi connectivity index (χ2n) is 3.89. The minimum absolute atomic E-state index is 0.868. The second-order valence-corrected chi connectivity index (χ2v) is 5.87. The van der Waals surface area contributed by atoms with E-state index in [2.05, 4.69) is 41.4 Å². The quantitative estimate of drug-likeness (QED) is 0.776. The van der Waals surface area contributed by atoms with Crippen LogP contribution in [0.15, 0.2) is 22.5 Å². The van der Waals surface area contributed by atoms with E-state index in [1.165, 1.54) is 28.2 Å². The molecule has 0 N–H and O–H groups in total. The zero-order valence-electron chi connectivity index (χ0n) is 9.65. The van der Waals surface area contributed by atoms with Gasteiger partial charge >= 0.3 is 0 Å². The maximum absolute atomic E-state index is 4.34. The summed E-state index contributed by atoms with van der Waals surface area (Å²) in [5.41, 5.74) is 4.00. The van der Waals surface area contributed by atoms with E-state index in [1.807, 2.05) is 6.92 Å². The lowest BCUT2D eigenvalue weighted by atomic mass is 10.1. The Morgan fingerprint density at radius 2 is 1.81 bits per heavy atom. The molecule has 0 atom stereocenters. The van der Waals surface area contributed by atoms with Gasteiger partial charge in [-0.25, -0.2) is 4.98 Å². The maximum atomic E-state index is 4.34. The number of aryl methyl sites for hydroxylation is 3. The largest absolute Gasteiger partial charge is 0.213 e. The first-order valence-corrected chi connectivity index (χ1v) is 6.89. The highest BCUT2D eigenvalue weighted by molar-refractivity contribution is 8.00. The van der Waals surface area contributed by atoms with Gasteiger partial charge in [0.1, 0.15) is 5.82 Å². The van der Waals surface area contributed by atoms with Gasteiger partial charge < -0.3 is 0 Å². The van der Waals surface area contributed by atoms with E-state index in [0.717, 1.165) is 15.9 Å². The molecule has 0 aliphatic carbocycles. The van der Waals surface area contributed by atoms with Crippen LogP contribution in [-0.2, 0) is 5.75 Å². The number of hydrogen-bond donors (Lipinski definition) is 0. The van der Waals surface area contributed by atoms with Gasteiger partial charge in [-0.05, 0) is 37.9 Å². The number of rotatable bonds is 3. The van der Waals surface area contributed by atoms with E-state index >= 15 is 0 Å². The third-order valence-corrected chi connectivity index (χ3v) is 4.15. The molecule has 0 fully saturated rings. The summed E-state index contributed by atoms with van der Waals surface area (Å²) in [6.45, 7) is 6.20. The summed E-state index contributed by atoms with van der Waals surface area (Å²) >= 11 is 3.24. The molecule has 0 aliphatic heterocycles. The zero-order valence-corrected chi connectivity index (χ0v) is 11.3. The summed E-state index contributed by atoms with van der Waals surface area (Å²) in [5.74, 6) is 1.84. The summed E-state index contributed by atoms with van der Waals surface area (Å²) in [6, 6.07) is 6.66. The molecule has 84 valence electrons. The minimum Gasteiger partial charge on any atom is -0.213 e. The van der Waals surface area contributed by atoms with Crippen LogP contribution in [0.1, 0.15) is 22.5 Å². The Kier molecular flexibility index (Phi) is 3.61. The molecule has 0 saturated carbocycles. The van der Waals surface area contributed by atoms with E-state index in [-0.39, 0.29) is 0 Å². The zero-order chi connectivity index (χ0) is 11.5. The SMILES string of the molecule is Cc1cc(C)cc(CSc2nc(C)ns2)c1. The molecule has 2 rings (SSSR count). The van der Waals surface area contributed by atoms with Gasteiger partial charge in [0, 0.05) is 5.75 Å². The van der Waals surface area contributed by atoms with Crippen molar-refractivity contribution in [2.75, 3.05) is 0 Å². The molecular formula is C12H14N2S2. The van der Waals surface area contributed by atoms with Gasteiger partial charge in [0.2, 0.25) is 0 Å². The van der Waals surface area contributed by atoms with Crippen molar-refractivity contribution in [2.24, 2.45) is 0 Å². The molecular weight excluding hydrogens is 236 g/mol. The molecule has 0 saturated heterocycles. The van der Waals surface area contributed by atoms with E-state index in [4.69, 9.17) is 0 Å². The molecule has 0 bridgehead atoms. The van der Waals surface area contributed by atoms with Crippen LogP contribution >= 0.6 is 23.3 Å². The van der Waals surface area contributed by atoms with E-state index < -0.39 is 0 Å². The van der Waals surface area contributed by atoms with Crippen LogP contribution in [0.5, 0.6) is 0 Å². The Labute approximate surface area is 104 Å². The van der Waals surface area contributed by atoms with Crippen LogP contribution in [0.2, 0.25) is 0 Å². The number of benzene rings is 1. The first kappa shape index (κ1) is 11.6. The normalized spacial score (nSPS) is 10.7. The Balaban J connectivity index is 2.04. The molecule has 2 nitrogen and oxygen atoms in total. The lowest BCUT2D eigenvalue weighted by Gasteiger charge is -2.03. The fourth-order valence-electron chi connectivity index (χ4n) is 1.63. The van der Waals surface area contributed by atoms with E-state index in [1.54, 1.807) is 11.8 Å². The van der Waals surface area contributed by atoms with E-state index in [9.17, 15) is 0 Å². The Hall–Kier alpha value is -0.870. The molecule has 0 amide bonds. The maximum Gasteiger partial charge on any atom is 0.170 e. The van der Waals surface area contributed by atoms with Gasteiger partial charge in [0.25, 0.3) is 0 Å². The van der Waals surface area contributed by atoms with Crippen molar-refractivity contribution in [1.29, 1.82) is 0 Å². The molecule has 0 spiro atoms. The van der Waals surface area contributed by atoms with Gasteiger partial charge in [-0.15, -0.1) is 0 Å². The molecule has 0 aliphatic rings. The third kappa shape index (κ3) is 3.06. The number of aromatic nitrogens is 2. The van der Waals surface area contributed by atoms with Gasteiger partial charge in [0.05, 0.1) is 0 Å². The fourth-order valence-corrected chi connectivity index (χ4v) is 3.21. The standard InChI is InChI=1S/C12H14N2S2/c1-8-4-9(2)6-11(5-8)7-15-12-13-10(3)14-16-12/h4-6H,7H2,1-3H3. The van der Waals surface area contributed by atoms with Crippen molar-refractivity contribution in [3.63, 3.8) is 0 Å². The smallest absolute Gasteiger partial charge is 0.170 e. The topological polar surface area (TPSA) is 25.8 Å². The van der Waals surface area contributed by atoms with Gasteiger partial charge in [-0.2, -0.15) is 4.37 Å². The number of hydrogen-bond acceptors (Lipinski definition) is 4. The predicted octanol–water partition coefficient (Wildman–Crippen LogP) is 3.76. The lowest BCUT2D eigenvalue weighted by molar-refractivity contribution is 1.10. The van der Waals surface area contributed by atoms with Crippen molar-refractivity contribution in [2.45, 2.75) is 30.9 Å². The first-order valence-electron chi connectivity index (χ1n) is 5.14. The first-order chi connectivity index (χ1) is 7.63. The minimum atomic E-state index is 0.868. The predicted molar refractivity (Wildman–Crippen MR) is 70.1 cm³/mol. The number of nitrogens with zero attached hydrogens (tertiary/aromatic N) is 2. The summed E-state index contributed by atoms with van der Waals surface area (Å²) < 4.78 is 5.23. The van der Waals surface area contributed by atoms with Gasteiger partial charge in [-0.3, -0.25) is 0 Å². The van der Waals surface area contributed by atoms with Crippen LogP contribution in [-0.4, -0.2) is 9.36 Å². The molecule has 1 aromatic heterocycles. The van der Waals surface area contributed by atoms with Crippen LogP contribution in [0.25, 0.3) is 0 Å². The second kappa shape index (κ2) is 4.97. The Morgan fingerprint density at radius 1 is 1.12 bits per heavy atom. The number of thioether (sulfide) groups is 1. The average Bonchev–Trinajstić information content (AvgIpc) is 2.60. The monoisotopic (exact) mass is 250 g/mol. The highest BCUT2D eigenvalue weighted by Gasteiger charge is 2.02. The molecule has 2 aromatic rings. The van der Waals surface area contributed by atoms with Gasteiger partial charge in [0.15, 0.2) is 4.34 Å². The van der Waals surface area contributed by atoms with E-state index in [0.29, 0.717) is 0 Å². The lowest BCUT2D eigenvalue weighted by Crippen LogP contribution is -1.85. The summed E-state index contributed by atoms with van der Waals surface area (Å²) in [4.78, 5) is 4.34. The fraction of sp³-hybridized carbons (Fsp3) is 0.333. The van der Waals surface area contributed by atoms with Crippen molar-refractivity contribution in [1.82, 2.24) is 9.36 Å². The average molecular weight is 250 g/mol. The summed E-state index contributed by atoms with van der Waals surface area (Å²) in [5, 5.41) is 0. The Morgan fingerprint density at radius 3 is 2.38 bits per heavy atom. The highest BCUT2D eigenvalue weighted by Crippen LogP contribution is 2.25. The van der Waals surface area contributed by atoms with Crippen LogP contribution in [0, 0.1) is 20.8 Å². The summed E-state index contributed by atoms with van der Waals surface area (Å²) in [6.07, 6.45) is 0.